The van der Waals surface area contributed by atoms with E-state index in [4.69, 9.17) is 11.6 Å². The summed E-state index contributed by atoms with van der Waals surface area (Å²) in [6.07, 6.45) is 18.0. The standard InChI is InChI=1S/C26H36ClN/c1-2-3-4-5-6-7-8-9-10-11-12-13-15-21-18-19-25-23(20-21)22-16-14-17-24(27)26(22)28-25/h14,16-20,28H,2-13,15H2,1H3. The molecule has 2 aromatic carbocycles. The zero-order valence-electron chi connectivity index (χ0n) is 17.5. The molecule has 0 unspecified atom stereocenters. The van der Waals surface area contributed by atoms with Gasteiger partial charge in [0.15, 0.2) is 0 Å². The fraction of sp³-hybridized carbons (Fsp3) is 0.538. The first-order chi connectivity index (χ1) is 13.8. The van der Waals surface area contributed by atoms with Gasteiger partial charge in [-0.3, -0.25) is 0 Å². The molecule has 0 aliphatic rings. The molecule has 0 aliphatic heterocycles. The molecule has 1 aromatic heterocycles. The van der Waals surface area contributed by atoms with E-state index in [1.165, 1.54) is 105 Å². The summed E-state index contributed by atoms with van der Waals surface area (Å²) in [6, 6.07) is 13.0. The quantitative estimate of drug-likeness (QED) is 0.276. The first-order valence-corrected chi connectivity index (χ1v) is 11.9. The third-order valence-corrected chi connectivity index (χ3v) is 6.28. The normalized spacial score (nSPS) is 11.6. The summed E-state index contributed by atoms with van der Waals surface area (Å²) in [6.45, 7) is 2.29. The van der Waals surface area contributed by atoms with Crippen molar-refractivity contribution in [1.82, 2.24) is 4.98 Å². The van der Waals surface area contributed by atoms with E-state index in [1.807, 2.05) is 12.1 Å². The van der Waals surface area contributed by atoms with Crippen LogP contribution < -0.4 is 0 Å². The number of H-pyrrole nitrogens is 1. The Labute approximate surface area is 175 Å². The Morgan fingerprint density at radius 2 is 1.36 bits per heavy atom. The predicted molar refractivity (Wildman–Crippen MR) is 126 cm³/mol. The SMILES string of the molecule is CCCCCCCCCCCCCCc1ccc2[nH]c3c(Cl)cccc3c2c1. The molecule has 152 valence electrons. The number of nitrogens with one attached hydrogen (secondary N) is 1. The van der Waals surface area contributed by atoms with E-state index in [0.29, 0.717) is 0 Å². The molecule has 0 saturated heterocycles. The lowest BCUT2D eigenvalue weighted by Crippen LogP contribution is -1.87. The second-order valence-corrected chi connectivity index (χ2v) is 8.71. The van der Waals surface area contributed by atoms with E-state index in [-0.39, 0.29) is 0 Å². The molecule has 0 saturated carbocycles. The van der Waals surface area contributed by atoms with Crippen LogP contribution in [0.3, 0.4) is 0 Å². The van der Waals surface area contributed by atoms with Crippen molar-refractivity contribution in [2.24, 2.45) is 0 Å². The number of halogens is 1. The number of para-hydroxylation sites is 1. The summed E-state index contributed by atoms with van der Waals surface area (Å²) in [4.78, 5) is 3.46. The van der Waals surface area contributed by atoms with Gasteiger partial charge in [-0.15, -0.1) is 0 Å². The highest BCUT2D eigenvalue weighted by Gasteiger charge is 2.07. The first-order valence-electron chi connectivity index (χ1n) is 11.5. The van der Waals surface area contributed by atoms with Crippen molar-refractivity contribution in [3.63, 3.8) is 0 Å². The lowest BCUT2D eigenvalue weighted by Gasteiger charge is -2.04. The lowest BCUT2D eigenvalue weighted by atomic mass is 10.0. The van der Waals surface area contributed by atoms with Gasteiger partial charge in [0.25, 0.3) is 0 Å². The van der Waals surface area contributed by atoms with Gasteiger partial charge < -0.3 is 4.98 Å². The number of hydrogen-bond donors (Lipinski definition) is 1. The summed E-state index contributed by atoms with van der Waals surface area (Å²) < 4.78 is 0. The fourth-order valence-corrected chi connectivity index (χ4v) is 4.48. The van der Waals surface area contributed by atoms with Crippen molar-refractivity contribution >= 4 is 33.4 Å². The highest BCUT2D eigenvalue weighted by molar-refractivity contribution is 6.36. The largest absolute Gasteiger partial charge is 0.353 e. The van der Waals surface area contributed by atoms with Crippen LogP contribution >= 0.6 is 11.6 Å². The van der Waals surface area contributed by atoms with Crippen LogP contribution in [-0.4, -0.2) is 4.98 Å². The summed E-state index contributed by atoms with van der Waals surface area (Å²) >= 11 is 6.33. The highest BCUT2D eigenvalue weighted by Crippen LogP contribution is 2.31. The molecule has 0 spiro atoms. The third-order valence-electron chi connectivity index (χ3n) is 5.97. The van der Waals surface area contributed by atoms with E-state index in [2.05, 4.69) is 36.2 Å². The molecule has 1 heterocycles. The number of aromatic nitrogens is 1. The molecular formula is C26H36ClN. The van der Waals surface area contributed by atoms with Crippen molar-refractivity contribution in [1.29, 1.82) is 0 Å². The van der Waals surface area contributed by atoms with Crippen molar-refractivity contribution in [2.45, 2.75) is 90.4 Å². The Bertz CT molecular complexity index is 848. The van der Waals surface area contributed by atoms with Crippen LogP contribution in [0.5, 0.6) is 0 Å². The van der Waals surface area contributed by atoms with Gasteiger partial charge in [0.05, 0.1) is 10.5 Å². The molecule has 0 amide bonds. The van der Waals surface area contributed by atoms with E-state index < -0.39 is 0 Å². The van der Waals surface area contributed by atoms with E-state index in [0.717, 1.165) is 10.5 Å². The molecule has 0 atom stereocenters. The van der Waals surface area contributed by atoms with Crippen LogP contribution in [0.1, 0.15) is 89.5 Å². The average Bonchev–Trinajstić information content (AvgIpc) is 3.08. The zero-order chi connectivity index (χ0) is 19.6. The topological polar surface area (TPSA) is 15.8 Å². The zero-order valence-corrected chi connectivity index (χ0v) is 18.3. The van der Waals surface area contributed by atoms with E-state index in [9.17, 15) is 0 Å². The number of benzene rings is 2. The first kappa shape index (κ1) is 21.2. The summed E-state index contributed by atoms with van der Waals surface area (Å²) in [5.74, 6) is 0. The van der Waals surface area contributed by atoms with Gasteiger partial charge in [0.2, 0.25) is 0 Å². The number of hydrogen-bond acceptors (Lipinski definition) is 0. The minimum Gasteiger partial charge on any atom is -0.353 e. The summed E-state index contributed by atoms with van der Waals surface area (Å²) in [5.41, 5.74) is 3.68. The van der Waals surface area contributed by atoms with Crippen molar-refractivity contribution in [3.8, 4) is 0 Å². The Morgan fingerprint density at radius 1 is 0.714 bits per heavy atom. The molecule has 3 rings (SSSR count). The van der Waals surface area contributed by atoms with Gasteiger partial charge >= 0.3 is 0 Å². The monoisotopic (exact) mass is 397 g/mol. The number of aryl methyl sites for hydroxylation is 1. The number of rotatable bonds is 13. The third kappa shape index (κ3) is 6.01. The highest BCUT2D eigenvalue weighted by atomic mass is 35.5. The minimum atomic E-state index is 0.802. The van der Waals surface area contributed by atoms with Gasteiger partial charge in [-0.25, -0.2) is 0 Å². The minimum absolute atomic E-state index is 0.802. The predicted octanol–water partition coefficient (Wildman–Crippen LogP) is 9.22. The van der Waals surface area contributed by atoms with Gasteiger partial charge in [-0.2, -0.15) is 0 Å². The van der Waals surface area contributed by atoms with Crippen LogP contribution in [0.15, 0.2) is 36.4 Å². The van der Waals surface area contributed by atoms with Crippen LogP contribution in [-0.2, 0) is 6.42 Å². The Kier molecular flexibility index (Phi) is 8.73. The Morgan fingerprint density at radius 3 is 2.04 bits per heavy atom. The molecule has 0 fully saturated rings. The molecule has 0 radical (unpaired) electrons. The van der Waals surface area contributed by atoms with Crippen molar-refractivity contribution < 1.29 is 0 Å². The van der Waals surface area contributed by atoms with E-state index >= 15 is 0 Å². The number of fused-ring (bicyclic) bond motifs is 3. The van der Waals surface area contributed by atoms with Crippen molar-refractivity contribution in [3.05, 3.63) is 47.0 Å². The van der Waals surface area contributed by atoms with Gasteiger partial charge in [0.1, 0.15) is 0 Å². The van der Waals surface area contributed by atoms with Crippen LogP contribution in [0.2, 0.25) is 5.02 Å². The maximum Gasteiger partial charge on any atom is 0.0654 e. The summed E-state index contributed by atoms with van der Waals surface area (Å²) in [5, 5.41) is 3.34. The van der Waals surface area contributed by atoms with Crippen molar-refractivity contribution in [2.75, 3.05) is 0 Å². The molecule has 28 heavy (non-hydrogen) atoms. The fourth-order valence-electron chi connectivity index (χ4n) is 4.26. The van der Waals surface area contributed by atoms with Crippen LogP contribution in [0, 0.1) is 0 Å². The molecule has 3 aromatic rings. The molecule has 0 bridgehead atoms. The van der Waals surface area contributed by atoms with Crippen LogP contribution in [0.4, 0.5) is 0 Å². The van der Waals surface area contributed by atoms with E-state index in [1.54, 1.807) is 0 Å². The Balaban J connectivity index is 1.34. The molecule has 1 nitrogen and oxygen atoms in total. The Hall–Kier alpha value is -1.47. The second kappa shape index (κ2) is 11.5. The van der Waals surface area contributed by atoms with Crippen LogP contribution in [0.25, 0.3) is 21.8 Å². The molecule has 2 heteroatoms. The lowest BCUT2D eigenvalue weighted by molar-refractivity contribution is 0.544. The maximum atomic E-state index is 6.33. The number of aromatic amines is 1. The maximum absolute atomic E-state index is 6.33. The summed E-state index contributed by atoms with van der Waals surface area (Å²) in [7, 11) is 0. The second-order valence-electron chi connectivity index (χ2n) is 8.31. The molecule has 0 aliphatic carbocycles. The van der Waals surface area contributed by atoms with Gasteiger partial charge in [-0.1, -0.05) is 107 Å². The molecule has 1 N–H and O–H groups in total. The molecular weight excluding hydrogens is 362 g/mol. The average molecular weight is 398 g/mol. The number of unbranched alkanes of at least 4 members (excludes halogenated alkanes) is 11. The van der Waals surface area contributed by atoms with Gasteiger partial charge in [0, 0.05) is 16.3 Å². The smallest absolute Gasteiger partial charge is 0.0654 e. The van der Waals surface area contributed by atoms with Gasteiger partial charge in [-0.05, 0) is 36.6 Å².